The fraction of sp³-hybridized carbons (Fsp3) is 0.500. The Morgan fingerprint density at radius 3 is 2.21 bits per heavy atom. The van der Waals surface area contributed by atoms with Crippen molar-refractivity contribution < 1.29 is 13.5 Å². The number of halogens is 1. The number of hydrogen-bond donors (Lipinski definition) is 3. The second-order valence-corrected chi connectivity index (χ2v) is 7.98. The van der Waals surface area contributed by atoms with E-state index in [9.17, 15) is 13.5 Å². The fourth-order valence-electron chi connectivity index (χ4n) is 1.25. The summed E-state index contributed by atoms with van der Waals surface area (Å²) >= 11 is 3.18. The quantitative estimate of drug-likeness (QED) is 0.722. The first-order valence-corrected chi connectivity index (χ1v) is 7.96. The van der Waals surface area contributed by atoms with E-state index in [1.54, 1.807) is 27.7 Å². The molecule has 0 radical (unpaired) electrons. The van der Waals surface area contributed by atoms with Crippen LogP contribution in [0.4, 0.5) is 5.69 Å². The number of sulfonamides is 1. The summed E-state index contributed by atoms with van der Waals surface area (Å²) in [5.41, 5.74) is 3.82. The Bertz CT molecular complexity index is 577. The molecule has 19 heavy (non-hydrogen) atoms. The van der Waals surface area contributed by atoms with E-state index in [0.717, 1.165) is 0 Å². The van der Waals surface area contributed by atoms with Crippen LogP contribution in [0.15, 0.2) is 27.6 Å². The third kappa shape index (κ3) is 3.68. The van der Waals surface area contributed by atoms with Gasteiger partial charge < -0.3 is 10.8 Å². The van der Waals surface area contributed by atoms with E-state index < -0.39 is 21.2 Å². The minimum absolute atomic E-state index is 0.0824. The lowest BCUT2D eigenvalue weighted by Crippen LogP contribution is -2.57. The van der Waals surface area contributed by atoms with Crippen LogP contribution >= 0.6 is 15.9 Å². The van der Waals surface area contributed by atoms with Crippen LogP contribution in [0, 0.1) is 0 Å². The molecular formula is C12H19BrN2O3S. The molecule has 0 atom stereocenters. The molecule has 0 saturated carbocycles. The van der Waals surface area contributed by atoms with Crippen LogP contribution in [0.2, 0.25) is 0 Å². The molecule has 1 aromatic rings. The number of hydrogen-bond acceptors (Lipinski definition) is 4. The van der Waals surface area contributed by atoms with Crippen molar-refractivity contribution in [2.75, 3.05) is 5.73 Å². The largest absolute Gasteiger partial charge is 0.399 e. The van der Waals surface area contributed by atoms with Crippen LogP contribution < -0.4 is 10.5 Å². The zero-order valence-corrected chi connectivity index (χ0v) is 13.8. The van der Waals surface area contributed by atoms with Gasteiger partial charge in [0.15, 0.2) is 0 Å². The van der Waals surface area contributed by atoms with Crippen molar-refractivity contribution in [3.8, 4) is 0 Å². The number of benzene rings is 1. The molecule has 0 aliphatic carbocycles. The lowest BCUT2D eigenvalue weighted by atomic mass is 9.87. The Hall–Kier alpha value is -0.630. The van der Waals surface area contributed by atoms with Gasteiger partial charge >= 0.3 is 0 Å². The van der Waals surface area contributed by atoms with Crippen molar-refractivity contribution in [2.45, 2.75) is 43.7 Å². The van der Waals surface area contributed by atoms with Crippen molar-refractivity contribution in [1.82, 2.24) is 4.72 Å². The third-order valence-corrected chi connectivity index (χ3v) is 5.80. The maximum atomic E-state index is 12.3. The summed E-state index contributed by atoms with van der Waals surface area (Å²) in [7, 11) is -3.76. The molecule has 0 saturated heterocycles. The molecule has 1 rings (SSSR count). The van der Waals surface area contributed by atoms with Crippen LogP contribution in [0.5, 0.6) is 0 Å². The Kier molecular flexibility index (Phi) is 4.36. The van der Waals surface area contributed by atoms with Gasteiger partial charge in [0.1, 0.15) is 0 Å². The van der Waals surface area contributed by atoms with Crippen molar-refractivity contribution >= 4 is 31.6 Å². The molecule has 0 spiro atoms. The molecule has 0 aromatic heterocycles. The summed E-state index contributed by atoms with van der Waals surface area (Å²) in [5, 5.41) is 10.0. The maximum absolute atomic E-state index is 12.3. The predicted molar refractivity (Wildman–Crippen MR) is 79.3 cm³/mol. The second kappa shape index (κ2) is 5.05. The van der Waals surface area contributed by atoms with E-state index in [2.05, 4.69) is 20.7 Å². The molecule has 0 aliphatic rings. The molecule has 0 unspecified atom stereocenters. The van der Waals surface area contributed by atoms with Gasteiger partial charge in [0.2, 0.25) is 10.0 Å². The molecule has 0 heterocycles. The normalized spacial score (nSPS) is 13.6. The van der Waals surface area contributed by atoms with E-state index in [1.807, 2.05) is 0 Å². The molecule has 0 bridgehead atoms. The first-order valence-electron chi connectivity index (χ1n) is 5.68. The lowest BCUT2D eigenvalue weighted by Gasteiger charge is -2.37. The highest BCUT2D eigenvalue weighted by Gasteiger charge is 2.39. The van der Waals surface area contributed by atoms with Crippen LogP contribution in [0.25, 0.3) is 0 Å². The molecule has 5 nitrogen and oxygen atoms in total. The van der Waals surface area contributed by atoms with Crippen molar-refractivity contribution in [3.63, 3.8) is 0 Å². The number of nitrogens with two attached hydrogens (primary N) is 1. The monoisotopic (exact) mass is 350 g/mol. The predicted octanol–water partition coefficient (Wildman–Crippen LogP) is 1.86. The van der Waals surface area contributed by atoms with Crippen molar-refractivity contribution in [1.29, 1.82) is 0 Å². The van der Waals surface area contributed by atoms with Gasteiger partial charge in [0.25, 0.3) is 0 Å². The maximum Gasteiger partial charge on any atom is 0.242 e. The third-order valence-electron chi connectivity index (χ3n) is 3.16. The van der Waals surface area contributed by atoms with Gasteiger partial charge in [0.05, 0.1) is 16.0 Å². The van der Waals surface area contributed by atoms with Crippen molar-refractivity contribution in [2.24, 2.45) is 0 Å². The van der Waals surface area contributed by atoms with Crippen LogP contribution in [0.1, 0.15) is 27.7 Å². The minimum atomic E-state index is -3.76. The summed E-state index contributed by atoms with van der Waals surface area (Å²) in [4.78, 5) is 0.0824. The molecule has 0 amide bonds. The summed E-state index contributed by atoms with van der Waals surface area (Å²) in [6.07, 6.45) is 0. The first-order chi connectivity index (χ1) is 8.37. The number of anilines is 1. The number of nitrogen functional groups attached to an aromatic ring is 1. The number of rotatable bonds is 4. The number of aliphatic hydroxyl groups is 1. The molecule has 108 valence electrons. The van der Waals surface area contributed by atoms with Gasteiger partial charge in [-0.25, -0.2) is 13.1 Å². The summed E-state index contributed by atoms with van der Waals surface area (Å²) < 4.78 is 27.5. The smallest absolute Gasteiger partial charge is 0.242 e. The van der Waals surface area contributed by atoms with E-state index in [4.69, 9.17) is 5.73 Å². The second-order valence-electron chi connectivity index (χ2n) is 5.48. The Balaban J connectivity index is 3.20. The van der Waals surface area contributed by atoms with E-state index in [0.29, 0.717) is 10.2 Å². The van der Waals surface area contributed by atoms with Gasteiger partial charge in [0, 0.05) is 10.2 Å². The summed E-state index contributed by atoms with van der Waals surface area (Å²) in [6.45, 7) is 6.34. The van der Waals surface area contributed by atoms with Crippen LogP contribution in [-0.2, 0) is 10.0 Å². The Labute approximate surface area is 122 Å². The number of nitrogens with one attached hydrogen (secondary N) is 1. The lowest BCUT2D eigenvalue weighted by molar-refractivity contribution is 0.00638. The van der Waals surface area contributed by atoms with Gasteiger partial charge in [-0.2, -0.15) is 0 Å². The zero-order chi connectivity index (χ0) is 15.1. The van der Waals surface area contributed by atoms with E-state index in [-0.39, 0.29) is 4.90 Å². The molecule has 0 fully saturated rings. The van der Waals surface area contributed by atoms with Crippen molar-refractivity contribution in [3.05, 3.63) is 22.7 Å². The van der Waals surface area contributed by atoms with Crippen LogP contribution in [-0.4, -0.2) is 24.7 Å². The fourth-order valence-corrected chi connectivity index (χ4v) is 3.88. The topological polar surface area (TPSA) is 92.4 Å². The van der Waals surface area contributed by atoms with Gasteiger partial charge in [-0.1, -0.05) is 0 Å². The average molecular weight is 351 g/mol. The molecule has 4 N–H and O–H groups in total. The summed E-state index contributed by atoms with van der Waals surface area (Å²) in [6, 6.07) is 4.45. The highest BCUT2D eigenvalue weighted by atomic mass is 79.9. The SMILES string of the molecule is CC(C)(O)C(C)(C)NS(=O)(=O)c1ccc(N)cc1Br. The standard InChI is InChI=1S/C12H19BrN2O3S/c1-11(2,12(3,4)16)15-19(17,18)10-6-5-8(14)7-9(10)13/h5-7,15-16H,14H2,1-4H3. The molecule has 7 heteroatoms. The van der Waals surface area contributed by atoms with Gasteiger partial charge in [-0.05, 0) is 61.8 Å². The van der Waals surface area contributed by atoms with Gasteiger partial charge in [-0.15, -0.1) is 0 Å². The summed E-state index contributed by atoms with van der Waals surface area (Å²) in [5.74, 6) is 0. The van der Waals surface area contributed by atoms with E-state index in [1.165, 1.54) is 18.2 Å². The van der Waals surface area contributed by atoms with E-state index >= 15 is 0 Å². The zero-order valence-electron chi connectivity index (χ0n) is 11.4. The van der Waals surface area contributed by atoms with Gasteiger partial charge in [-0.3, -0.25) is 0 Å². The average Bonchev–Trinajstić information content (AvgIpc) is 2.12. The highest BCUT2D eigenvalue weighted by molar-refractivity contribution is 9.10. The van der Waals surface area contributed by atoms with Crippen LogP contribution in [0.3, 0.4) is 0 Å². The molecule has 0 aliphatic heterocycles. The Morgan fingerprint density at radius 1 is 1.26 bits per heavy atom. The first kappa shape index (κ1) is 16.4. The molecular weight excluding hydrogens is 332 g/mol. The molecule has 1 aromatic carbocycles. The minimum Gasteiger partial charge on any atom is -0.399 e. The Morgan fingerprint density at radius 2 is 1.79 bits per heavy atom. The highest BCUT2D eigenvalue weighted by Crippen LogP contribution is 2.28.